The number of allylic oxidation sites excluding steroid dienone is 2. The predicted octanol–water partition coefficient (Wildman–Crippen LogP) is 11.8. The first kappa shape index (κ1) is 46.8. The summed E-state index contributed by atoms with van der Waals surface area (Å²) in [6.07, 6.45) is 37.9. The highest BCUT2D eigenvalue weighted by atomic mass is 31.2. The van der Waals surface area contributed by atoms with Crippen LogP contribution in [0.15, 0.2) is 12.2 Å². The van der Waals surface area contributed by atoms with Crippen molar-refractivity contribution in [2.45, 2.75) is 213 Å². The van der Waals surface area contributed by atoms with Crippen LogP contribution in [0, 0.1) is 0 Å². The second-order valence-electron chi connectivity index (χ2n) is 13.6. The maximum Gasteiger partial charge on any atom is 0.469 e. The zero-order valence-corrected chi connectivity index (χ0v) is 32.0. The Balaban J connectivity index is 3.88. The maximum atomic E-state index is 12.4. The maximum absolute atomic E-state index is 12.4. The molecule has 0 rings (SSSR count). The lowest BCUT2D eigenvalue weighted by molar-refractivity contribution is -0.161. The van der Waals surface area contributed by atoms with Crippen LogP contribution in [0.25, 0.3) is 0 Å². The second-order valence-corrected chi connectivity index (χ2v) is 14.9. The zero-order valence-electron chi connectivity index (χ0n) is 31.2. The van der Waals surface area contributed by atoms with E-state index in [1.807, 2.05) is 0 Å². The van der Waals surface area contributed by atoms with E-state index in [9.17, 15) is 14.2 Å². The van der Waals surface area contributed by atoms with Gasteiger partial charge in [0, 0.05) is 12.8 Å². The molecular formula is C39H75O8P. The SMILES string of the molecule is CCCCCCCC/C=C/CCCCCCCCCCCC(=O)O[C@H](COC(=O)CCCCCCCCCCCCC)COP(=O)(O)O. The molecule has 0 heterocycles. The number of hydrogen-bond donors (Lipinski definition) is 2. The van der Waals surface area contributed by atoms with Crippen LogP contribution in [0.2, 0.25) is 0 Å². The summed E-state index contributed by atoms with van der Waals surface area (Å²) in [7, 11) is -4.74. The number of rotatable bonds is 37. The Morgan fingerprint density at radius 1 is 0.521 bits per heavy atom. The van der Waals surface area contributed by atoms with E-state index in [-0.39, 0.29) is 19.4 Å². The smallest absolute Gasteiger partial charge is 0.462 e. The summed E-state index contributed by atoms with van der Waals surface area (Å²) in [5.41, 5.74) is 0. The average molecular weight is 703 g/mol. The molecule has 284 valence electrons. The van der Waals surface area contributed by atoms with Crippen molar-refractivity contribution in [3.05, 3.63) is 12.2 Å². The summed E-state index contributed by atoms with van der Waals surface area (Å²) in [5, 5.41) is 0. The Morgan fingerprint density at radius 3 is 1.27 bits per heavy atom. The molecule has 0 aliphatic heterocycles. The lowest BCUT2D eigenvalue weighted by Crippen LogP contribution is -2.29. The van der Waals surface area contributed by atoms with Gasteiger partial charge in [0.25, 0.3) is 0 Å². The van der Waals surface area contributed by atoms with Gasteiger partial charge in [0.05, 0.1) is 6.61 Å². The Bertz CT molecular complexity index is 797. The van der Waals surface area contributed by atoms with Gasteiger partial charge in [0.2, 0.25) is 0 Å². The number of phosphoric acid groups is 1. The Labute approximate surface area is 295 Å². The summed E-state index contributed by atoms with van der Waals surface area (Å²) in [6, 6.07) is 0. The summed E-state index contributed by atoms with van der Waals surface area (Å²) < 4.78 is 26.3. The van der Waals surface area contributed by atoms with E-state index in [2.05, 4.69) is 30.5 Å². The van der Waals surface area contributed by atoms with Crippen LogP contribution in [0.3, 0.4) is 0 Å². The molecule has 2 N–H and O–H groups in total. The van der Waals surface area contributed by atoms with E-state index in [1.165, 1.54) is 135 Å². The van der Waals surface area contributed by atoms with E-state index in [4.69, 9.17) is 19.3 Å². The fourth-order valence-electron chi connectivity index (χ4n) is 5.78. The Morgan fingerprint density at radius 2 is 0.875 bits per heavy atom. The molecule has 9 heteroatoms. The van der Waals surface area contributed by atoms with E-state index < -0.39 is 32.5 Å². The van der Waals surface area contributed by atoms with Gasteiger partial charge in [-0.1, -0.05) is 167 Å². The number of ether oxygens (including phenoxy) is 2. The van der Waals surface area contributed by atoms with Gasteiger partial charge in [0.15, 0.2) is 6.10 Å². The molecule has 0 saturated carbocycles. The molecule has 0 unspecified atom stereocenters. The summed E-state index contributed by atoms with van der Waals surface area (Å²) in [4.78, 5) is 42.7. The summed E-state index contributed by atoms with van der Waals surface area (Å²) >= 11 is 0. The van der Waals surface area contributed by atoms with Crippen LogP contribution in [-0.2, 0) is 28.2 Å². The van der Waals surface area contributed by atoms with Gasteiger partial charge < -0.3 is 19.3 Å². The number of hydrogen-bond acceptors (Lipinski definition) is 6. The van der Waals surface area contributed by atoms with Crippen LogP contribution in [0.1, 0.15) is 206 Å². The van der Waals surface area contributed by atoms with Crippen molar-refractivity contribution in [1.82, 2.24) is 0 Å². The normalized spacial score (nSPS) is 12.5. The number of phosphoric ester groups is 1. The Hall–Kier alpha value is -1.21. The molecule has 0 aromatic rings. The first-order valence-corrected chi connectivity index (χ1v) is 21.5. The second kappa shape index (κ2) is 35.6. The van der Waals surface area contributed by atoms with Crippen LogP contribution in [-0.4, -0.2) is 41.0 Å². The van der Waals surface area contributed by atoms with Gasteiger partial charge in [-0.2, -0.15) is 0 Å². The number of unbranched alkanes of at least 4 members (excludes halogenated alkanes) is 25. The highest BCUT2D eigenvalue weighted by Gasteiger charge is 2.22. The van der Waals surface area contributed by atoms with Gasteiger partial charge in [-0.3, -0.25) is 14.1 Å². The molecule has 0 aliphatic rings. The van der Waals surface area contributed by atoms with Crippen molar-refractivity contribution in [1.29, 1.82) is 0 Å². The minimum absolute atomic E-state index is 0.214. The van der Waals surface area contributed by atoms with Gasteiger partial charge in [-0.15, -0.1) is 0 Å². The molecule has 0 aliphatic carbocycles. The molecule has 0 fully saturated rings. The topological polar surface area (TPSA) is 119 Å². The van der Waals surface area contributed by atoms with Crippen molar-refractivity contribution >= 4 is 19.8 Å². The quantitative estimate of drug-likeness (QED) is 0.0284. The Kier molecular flexibility index (Phi) is 34.7. The zero-order chi connectivity index (χ0) is 35.4. The van der Waals surface area contributed by atoms with E-state index in [0.29, 0.717) is 6.42 Å². The molecule has 8 nitrogen and oxygen atoms in total. The van der Waals surface area contributed by atoms with Crippen LogP contribution >= 0.6 is 7.82 Å². The van der Waals surface area contributed by atoms with Crippen molar-refractivity contribution < 1.29 is 37.9 Å². The molecule has 0 radical (unpaired) electrons. The molecule has 1 atom stereocenters. The van der Waals surface area contributed by atoms with Crippen molar-refractivity contribution in [2.75, 3.05) is 13.2 Å². The summed E-state index contributed by atoms with van der Waals surface area (Å²) in [6.45, 7) is 3.68. The van der Waals surface area contributed by atoms with Gasteiger partial charge >= 0.3 is 19.8 Å². The van der Waals surface area contributed by atoms with Crippen molar-refractivity contribution in [3.8, 4) is 0 Å². The van der Waals surface area contributed by atoms with Gasteiger partial charge in [-0.05, 0) is 38.5 Å². The standard InChI is InChI=1S/C39H75O8P/c1-3-5-7-9-11-13-15-16-17-18-19-20-21-22-24-26-28-30-32-34-39(41)47-37(36-46-48(42,43)44)35-45-38(40)33-31-29-27-25-23-14-12-10-8-6-4-2/h16-17,37H,3-15,18-36H2,1-2H3,(H2,42,43,44)/b17-16+/t37-/m1/s1. The minimum Gasteiger partial charge on any atom is -0.462 e. The molecule has 0 bridgehead atoms. The highest BCUT2D eigenvalue weighted by molar-refractivity contribution is 7.46. The van der Waals surface area contributed by atoms with Gasteiger partial charge in [0.1, 0.15) is 6.61 Å². The van der Waals surface area contributed by atoms with Crippen molar-refractivity contribution in [3.63, 3.8) is 0 Å². The van der Waals surface area contributed by atoms with Crippen LogP contribution < -0.4 is 0 Å². The van der Waals surface area contributed by atoms with E-state index in [0.717, 1.165) is 38.5 Å². The molecule has 0 spiro atoms. The molecule has 0 aromatic carbocycles. The lowest BCUT2D eigenvalue weighted by Gasteiger charge is -2.18. The molecule has 48 heavy (non-hydrogen) atoms. The molecule has 0 saturated heterocycles. The van der Waals surface area contributed by atoms with Crippen LogP contribution in [0.4, 0.5) is 0 Å². The number of carbonyl (C=O) groups is 2. The third-order valence-corrected chi connectivity index (χ3v) is 9.27. The third-order valence-electron chi connectivity index (χ3n) is 8.78. The number of esters is 2. The van der Waals surface area contributed by atoms with E-state index in [1.54, 1.807) is 0 Å². The highest BCUT2D eigenvalue weighted by Crippen LogP contribution is 2.36. The van der Waals surface area contributed by atoms with E-state index >= 15 is 0 Å². The fourth-order valence-corrected chi connectivity index (χ4v) is 6.14. The minimum atomic E-state index is -4.74. The fraction of sp³-hybridized carbons (Fsp3) is 0.897. The monoisotopic (exact) mass is 703 g/mol. The predicted molar refractivity (Wildman–Crippen MR) is 198 cm³/mol. The van der Waals surface area contributed by atoms with Gasteiger partial charge in [-0.25, -0.2) is 4.57 Å². The third kappa shape index (κ3) is 37.6. The van der Waals surface area contributed by atoms with Crippen molar-refractivity contribution in [2.24, 2.45) is 0 Å². The van der Waals surface area contributed by atoms with Crippen LogP contribution in [0.5, 0.6) is 0 Å². The number of carbonyl (C=O) groups excluding carboxylic acids is 2. The molecule has 0 aromatic heterocycles. The summed E-state index contributed by atoms with van der Waals surface area (Å²) in [5.74, 6) is -0.879. The molecule has 0 amide bonds. The first-order chi connectivity index (χ1) is 23.3. The average Bonchev–Trinajstić information content (AvgIpc) is 3.05. The molecular weight excluding hydrogens is 627 g/mol. The first-order valence-electron chi connectivity index (χ1n) is 20.0. The lowest BCUT2D eigenvalue weighted by atomic mass is 10.1. The largest absolute Gasteiger partial charge is 0.469 e.